The SMILES string of the molecule is CCCC(NCc1nonc1C)c1cccs1. The summed E-state index contributed by atoms with van der Waals surface area (Å²) in [4.78, 5) is 1.38. The Hall–Kier alpha value is -1.20. The highest BCUT2D eigenvalue weighted by atomic mass is 32.1. The Labute approximate surface area is 105 Å². The van der Waals surface area contributed by atoms with Gasteiger partial charge in [0.2, 0.25) is 0 Å². The van der Waals surface area contributed by atoms with Crippen LogP contribution in [0.15, 0.2) is 22.1 Å². The van der Waals surface area contributed by atoms with E-state index in [0.29, 0.717) is 12.6 Å². The molecule has 4 nitrogen and oxygen atoms in total. The Balaban J connectivity index is 1.97. The minimum absolute atomic E-state index is 0.399. The van der Waals surface area contributed by atoms with Gasteiger partial charge in [-0.3, -0.25) is 0 Å². The van der Waals surface area contributed by atoms with E-state index in [-0.39, 0.29) is 0 Å². The van der Waals surface area contributed by atoms with Gasteiger partial charge in [-0.25, -0.2) is 4.63 Å². The van der Waals surface area contributed by atoms with Crippen LogP contribution in [0.5, 0.6) is 0 Å². The van der Waals surface area contributed by atoms with Gasteiger partial charge in [0.15, 0.2) is 0 Å². The van der Waals surface area contributed by atoms with Crippen molar-refractivity contribution in [3.05, 3.63) is 33.8 Å². The first-order chi connectivity index (χ1) is 8.31. The highest BCUT2D eigenvalue weighted by molar-refractivity contribution is 7.10. The van der Waals surface area contributed by atoms with Crippen LogP contribution in [0.3, 0.4) is 0 Å². The molecule has 2 heterocycles. The van der Waals surface area contributed by atoms with E-state index in [1.165, 1.54) is 4.88 Å². The minimum Gasteiger partial charge on any atom is -0.303 e. The fraction of sp³-hybridized carbons (Fsp3) is 0.500. The quantitative estimate of drug-likeness (QED) is 0.857. The predicted octanol–water partition coefficient (Wildman–Crippen LogP) is 3.07. The average Bonchev–Trinajstić information content (AvgIpc) is 2.96. The van der Waals surface area contributed by atoms with Gasteiger partial charge in [0.05, 0.1) is 0 Å². The summed E-state index contributed by atoms with van der Waals surface area (Å²) in [6.45, 7) is 4.82. The predicted molar refractivity (Wildman–Crippen MR) is 67.8 cm³/mol. The van der Waals surface area contributed by atoms with Crippen molar-refractivity contribution in [2.75, 3.05) is 0 Å². The summed E-state index contributed by atoms with van der Waals surface area (Å²) in [7, 11) is 0. The topological polar surface area (TPSA) is 51.0 Å². The van der Waals surface area contributed by atoms with Crippen LogP contribution in [-0.4, -0.2) is 10.3 Å². The maximum absolute atomic E-state index is 4.69. The first-order valence-electron chi connectivity index (χ1n) is 5.86. The highest BCUT2D eigenvalue weighted by Crippen LogP contribution is 2.23. The molecular formula is C12H17N3OS. The molecule has 2 aromatic rings. The molecule has 17 heavy (non-hydrogen) atoms. The molecular weight excluding hydrogens is 234 g/mol. The zero-order chi connectivity index (χ0) is 12.1. The van der Waals surface area contributed by atoms with Crippen LogP contribution < -0.4 is 5.32 Å². The van der Waals surface area contributed by atoms with Gasteiger partial charge in [-0.1, -0.05) is 29.7 Å². The molecule has 0 aromatic carbocycles. The van der Waals surface area contributed by atoms with Crippen molar-refractivity contribution in [2.24, 2.45) is 0 Å². The molecule has 2 rings (SSSR count). The molecule has 0 radical (unpaired) electrons. The van der Waals surface area contributed by atoms with Gasteiger partial charge in [-0.2, -0.15) is 0 Å². The summed E-state index contributed by atoms with van der Waals surface area (Å²) in [5, 5.41) is 13.3. The van der Waals surface area contributed by atoms with Crippen LogP contribution in [0.25, 0.3) is 0 Å². The van der Waals surface area contributed by atoms with Crippen LogP contribution in [0.2, 0.25) is 0 Å². The summed E-state index contributed by atoms with van der Waals surface area (Å²) in [5.41, 5.74) is 1.75. The minimum atomic E-state index is 0.399. The van der Waals surface area contributed by atoms with E-state index in [1.807, 2.05) is 6.92 Å². The van der Waals surface area contributed by atoms with E-state index in [4.69, 9.17) is 4.63 Å². The summed E-state index contributed by atoms with van der Waals surface area (Å²) in [5.74, 6) is 0. The van der Waals surface area contributed by atoms with E-state index in [0.717, 1.165) is 24.2 Å². The first-order valence-corrected chi connectivity index (χ1v) is 6.74. The molecule has 0 bridgehead atoms. The molecule has 0 aliphatic carbocycles. The van der Waals surface area contributed by atoms with Gasteiger partial charge >= 0.3 is 0 Å². The second-order valence-corrected chi connectivity index (χ2v) is 5.01. The smallest absolute Gasteiger partial charge is 0.121 e. The fourth-order valence-electron chi connectivity index (χ4n) is 1.75. The first kappa shape index (κ1) is 12.3. The van der Waals surface area contributed by atoms with Crippen molar-refractivity contribution < 1.29 is 4.63 Å². The standard InChI is InChI=1S/C12H17N3OS/c1-3-5-10(12-6-4-7-17-12)13-8-11-9(2)14-16-15-11/h4,6-7,10,13H,3,5,8H2,1-2H3. The lowest BCUT2D eigenvalue weighted by Crippen LogP contribution is -2.20. The van der Waals surface area contributed by atoms with Gasteiger partial charge in [0.1, 0.15) is 11.4 Å². The number of aryl methyl sites for hydroxylation is 1. The van der Waals surface area contributed by atoms with E-state index in [2.05, 4.69) is 40.1 Å². The van der Waals surface area contributed by atoms with Crippen molar-refractivity contribution in [1.29, 1.82) is 0 Å². The number of rotatable bonds is 6. The molecule has 1 N–H and O–H groups in total. The number of nitrogens with one attached hydrogen (secondary N) is 1. The Morgan fingerprint density at radius 1 is 1.47 bits per heavy atom. The third-order valence-corrected chi connectivity index (χ3v) is 3.71. The van der Waals surface area contributed by atoms with Crippen molar-refractivity contribution >= 4 is 11.3 Å². The van der Waals surface area contributed by atoms with Gasteiger partial charge in [-0.05, 0) is 24.8 Å². The Kier molecular flexibility index (Phi) is 4.28. The van der Waals surface area contributed by atoms with Gasteiger partial charge in [0, 0.05) is 17.5 Å². The van der Waals surface area contributed by atoms with Crippen molar-refractivity contribution in [1.82, 2.24) is 15.6 Å². The lowest BCUT2D eigenvalue weighted by Gasteiger charge is -2.15. The zero-order valence-electron chi connectivity index (χ0n) is 10.1. The lowest BCUT2D eigenvalue weighted by molar-refractivity contribution is 0.299. The van der Waals surface area contributed by atoms with E-state index >= 15 is 0 Å². The molecule has 2 aromatic heterocycles. The number of hydrogen-bond acceptors (Lipinski definition) is 5. The number of aromatic nitrogens is 2. The molecule has 0 amide bonds. The van der Waals surface area contributed by atoms with Crippen molar-refractivity contribution in [2.45, 2.75) is 39.3 Å². The number of nitrogens with zero attached hydrogens (tertiary/aromatic N) is 2. The average molecular weight is 251 g/mol. The van der Waals surface area contributed by atoms with Crippen LogP contribution in [0.4, 0.5) is 0 Å². The highest BCUT2D eigenvalue weighted by Gasteiger charge is 2.13. The molecule has 5 heteroatoms. The van der Waals surface area contributed by atoms with Crippen LogP contribution >= 0.6 is 11.3 Å². The molecule has 0 saturated carbocycles. The molecule has 0 aliphatic heterocycles. The molecule has 1 atom stereocenters. The molecule has 92 valence electrons. The Morgan fingerprint density at radius 2 is 2.35 bits per heavy atom. The second kappa shape index (κ2) is 5.93. The molecule has 0 aliphatic rings. The van der Waals surface area contributed by atoms with Gasteiger partial charge in [0.25, 0.3) is 0 Å². The zero-order valence-corrected chi connectivity index (χ0v) is 11.0. The fourth-order valence-corrected chi connectivity index (χ4v) is 2.59. The molecule has 0 spiro atoms. The van der Waals surface area contributed by atoms with Gasteiger partial charge < -0.3 is 5.32 Å². The van der Waals surface area contributed by atoms with Crippen LogP contribution in [0.1, 0.15) is 42.1 Å². The van der Waals surface area contributed by atoms with Crippen LogP contribution in [0, 0.1) is 6.92 Å². The third-order valence-electron chi connectivity index (χ3n) is 2.73. The van der Waals surface area contributed by atoms with E-state index < -0.39 is 0 Å². The summed E-state index contributed by atoms with van der Waals surface area (Å²) in [6, 6.07) is 4.66. The van der Waals surface area contributed by atoms with Crippen LogP contribution in [-0.2, 0) is 6.54 Å². The molecule has 0 fully saturated rings. The van der Waals surface area contributed by atoms with E-state index in [9.17, 15) is 0 Å². The lowest BCUT2D eigenvalue weighted by atomic mass is 10.1. The normalized spacial score (nSPS) is 12.8. The van der Waals surface area contributed by atoms with E-state index in [1.54, 1.807) is 11.3 Å². The summed E-state index contributed by atoms with van der Waals surface area (Å²) < 4.78 is 4.69. The van der Waals surface area contributed by atoms with Gasteiger partial charge in [-0.15, -0.1) is 11.3 Å². The monoisotopic (exact) mass is 251 g/mol. The third kappa shape index (κ3) is 3.14. The molecule has 0 saturated heterocycles. The Bertz CT molecular complexity index is 438. The largest absolute Gasteiger partial charge is 0.303 e. The van der Waals surface area contributed by atoms with Crippen molar-refractivity contribution in [3.63, 3.8) is 0 Å². The maximum Gasteiger partial charge on any atom is 0.121 e. The summed E-state index contributed by atoms with van der Waals surface area (Å²) >= 11 is 1.79. The maximum atomic E-state index is 4.69. The molecule has 1 unspecified atom stereocenters. The summed E-state index contributed by atoms with van der Waals surface area (Å²) in [6.07, 6.45) is 2.29. The number of hydrogen-bond donors (Lipinski definition) is 1. The number of thiophene rings is 1. The Morgan fingerprint density at radius 3 is 2.94 bits per heavy atom. The second-order valence-electron chi connectivity index (χ2n) is 4.03. The van der Waals surface area contributed by atoms with Crippen molar-refractivity contribution in [3.8, 4) is 0 Å².